The van der Waals surface area contributed by atoms with Crippen molar-refractivity contribution in [3.63, 3.8) is 0 Å². The molecule has 98 valence electrons. The Kier molecular flexibility index (Phi) is 2.95. The second-order valence-electron chi connectivity index (χ2n) is 4.62. The van der Waals surface area contributed by atoms with Crippen LogP contribution in [0.1, 0.15) is 34.5 Å². The Morgan fingerprint density at radius 1 is 1.32 bits per heavy atom. The van der Waals surface area contributed by atoms with Gasteiger partial charge in [0.1, 0.15) is 6.26 Å². The molecular formula is C14H14N2O3. The smallest absolute Gasteiger partial charge is 0.357 e. The van der Waals surface area contributed by atoms with Crippen LogP contribution in [0.5, 0.6) is 0 Å². The number of anilines is 2. The van der Waals surface area contributed by atoms with Gasteiger partial charge < -0.3 is 14.8 Å². The van der Waals surface area contributed by atoms with Gasteiger partial charge in [-0.25, -0.2) is 4.79 Å². The van der Waals surface area contributed by atoms with Crippen LogP contribution in [0.15, 0.2) is 28.9 Å². The molecule has 0 spiro atoms. The van der Waals surface area contributed by atoms with E-state index < -0.39 is 5.97 Å². The number of benzene rings is 1. The third-order valence-electron chi connectivity index (χ3n) is 3.36. The number of hydrogen-bond donors (Lipinski definition) is 2. The van der Waals surface area contributed by atoms with Crippen LogP contribution in [0.3, 0.4) is 0 Å². The van der Waals surface area contributed by atoms with Crippen LogP contribution < -0.4 is 5.32 Å². The molecule has 0 radical (unpaired) electrons. The molecule has 5 heteroatoms. The normalized spacial score (nSPS) is 13.9. The van der Waals surface area contributed by atoms with Crippen LogP contribution in [-0.2, 0) is 12.8 Å². The predicted octanol–water partition coefficient (Wildman–Crippen LogP) is 3.00. The quantitative estimate of drug-likeness (QED) is 0.885. The van der Waals surface area contributed by atoms with Crippen LogP contribution in [0.4, 0.5) is 11.7 Å². The minimum absolute atomic E-state index is 0.0905. The number of oxazole rings is 1. The average molecular weight is 258 g/mol. The van der Waals surface area contributed by atoms with E-state index in [2.05, 4.69) is 16.4 Å². The average Bonchev–Trinajstić information content (AvgIpc) is 2.88. The number of aromatic carboxylic acids is 1. The van der Waals surface area contributed by atoms with Gasteiger partial charge in [-0.1, -0.05) is 12.1 Å². The Bertz CT molecular complexity index is 619. The summed E-state index contributed by atoms with van der Waals surface area (Å²) in [6.45, 7) is 0. The Morgan fingerprint density at radius 3 is 2.95 bits per heavy atom. The fourth-order valence-electron chi connectivity index (χ4n) is 2.44. The maximum absolute atomic E-state index is 10.7. The number of hydrogen-bond acceptors (Lipinski definition) is 4. The summed E-state index contributed by atoms with van der Waals surface area (Å²) in [5.74, 6) is -1.09. The second-order valence-corrected chi connectivity index (χ2v) is 4.62. The molecule has 0 saturated heterocycles. The van der Waals surface area contributed by atoms with Crippen LogP contribution in [0, 0.1) is 0 Å². The van der Waals surface area contributed by atoms with Crippen LogP contribution in [0.25, 0.3) is 0 Å². The summed E-state index contributed by atoms with van der Waals surface area (Å²) in [5.41, 5.74) is 3.49. The van der Waals surface area contributed by atoms with Gasteiger partial charge >= 0.3 is 5.97 Å². The molecule has 1 aliphatic carbocycles. The first-order chi connectivity index (χ1) is 9.24. The van der Waals surface area contributed by atoms with Gasteiger partial charge in [0, 0.05) is 5.69 Å². The van der Waals surface area contributed by atoms with Crippen molar-refractivity contribution < 1.29 is 14.3 Å². The van der Waals surface area contributed by atoms with Crippen LogP contribution >= 0.6 is 0 Å². The third-order valence-corrected chi connectivity index (χ3v) is 3.36. The monoisotopic (exact) mass is 258 g/mol. The number of nitrogens with one attached hydrogen (secondary N) is 1. The van der Waals surface area contributed by atoms with Crippen molar-refractivity contribution in [1.29, 1.82) is 0 Å². The summed E-state index contributed by atoms with van der Waals surface area (Å²) in [6.07, 6.45) is 5.66. The molecule has 0 bridgehead atoms. The third kappa shape index (κ3) is 2.31. The maximum atomic E-state index is 10.7. The highest BCUT2D eigenvalue weighted by atomic mass is 16.4. The molecule has 2 N–H and O–H groups in total. The molecule has 2 aromatic rings. The standard InChI is InChI=1S/C14H14N2O3/c17-13(18)12-8-19-14(16-12)15-11-7-3-5-9-4-1-2-6-10(9)11/h3,5,7-8H,1-2,4,6H2,(H,15,16)(H,17,18). The largest absolute Gasteiger partial charge is 0.476 e. The molecule has 1 heterocycles. The van der Waals surface area contributed by atoms with Crippen molar-refractivity contribution in [2.45, 2.75) is 25.7 Å². The predicted molar refractivity (Wildman–Crippen MR) is 69.8 cm³/mol. The highest BCUT2D eigenvalue weighted by Gasteiger charge is 2.15. The summed E-state index contributed by atoms with van der Waals surface area (Å²) in [7, 11) is 0. The summed E-state index contributed by atoms with van der Waals surface area (Å²) < 4.78 is 5.12. The van der Waals surface area contributed by atoms with Gasteiger partial charge in [0.2, 0.25) is 0 Å². The Hall–Kier alpha value is -2.30. The van der Waals surface area contributed by atoms with E-state index in [4.69, 9.17) is 9.52 Å². The van der Waals surface area contributed by atoms with Gasteiger partial charge in [-0.3, -0.25) is 0 Å². The lowest BCUT2D eigenvalue weighted by Crippen LogP contribution is -2.06. The van der Waals surface area contributed by atoms with Gasteiger partial charge in [-0.05, 0) is 42.9 Å². The number of aryl methyl sites for hydroxylation is 1. The summed E-state index contributed by atoms with van der Waals surface area (Å²) in [4.78, 5) is 14.6. The topological polar surface area (TPSA) is 75.4 Å². The molecular weight excluding hydrogens is 244 g/mol. The zero-order chi connectivity index (χ0) is 13.2. The van der Waals surface area contributed by atoms with Crippen molar-refractivity contribution in [3.05, 3.63) is 41.3 Å². The minimum atomic E-state index is -1.09. The van der Waals surface area contributed by atoms with E-state index in [1.54, 1.807) is 0 Å². The number of nitrogens with zero attached hydrogens (tertiary/aromatic N) is 1. The van der Waals surface area contributed by atoms with Crippen molar-refractivity contribution in [3.8, 4) is 0 Å². The summed E-state index contributed by atoms with van der Waals surface area (Å²) in [6, 6.07) is 6.32. The molecule has 19 heavy (non-hydrogen) atoms. The molecule has 0 amide bonds. The molecule has 1 aromatic carbocycles. The molecule has 0 atom stereocenters. The first-order valence-electron chi connectivity index (χ1n) is 6.30. The van der Waals surface area contributed by atoms with E-state index >= 15 is 0 Å². The van der Waals surface area contributed by atoms with E-state index in [-0.39, 0.29) is 11.7 Å². The highest BCUT2D eigenvalue weighted by molar-refractivity contribution is 5.85. The van der Waals surface area contributed by atoms with Crippen molar-refractivity contribution in [1.82, 2.24) is 4.98 Å². The number of carboxylic acid groups (broad SMARTS) is 1. The fourth-order valence-corrected chi connectivity index (χ4v) is 2.44. The lowest BCUT2D eigenvalue weighted by Gasteiger charge is -2.18. The zero-order valence-electron chi connectivity index (χ0n) is 10.3. The fraction of sp³-hybridized carbons (Fsp3) is 0.286. The van der Waals surface area contributed by atoms with Crippen LogP contribution in [0.2, 0.25) is 0 Å². The number of carbonyl (C=O) groups is 1. The Balaban J connectivity index is 1.88. The van der Waals surface area contributed by atoms with E-state index in [0.29, 0.717) is 0 Å². The first kappa shape index (κ1) is 11.8. The van der Waals surface area contributed by atoms with E-state index in [1.165, 1.54) is 24.0 Å². The van der Waals surface area contributed by atoms with Gasteiger partial charge in [0.25, 0.3) is 6.01 Å². The molecule has 1 aromatic heterocycles. The van der Waals surface area contributed by atoms with E-state index in [0.717, 1.165) is 24.8 Å². The minimum Gasteiger partial charge on any atom is -0.476 e. The zero-order valence-corrected chi connectivity index (χ0v) is 10.3. The lowest BCUT2D eigenvalue weighted by atomic mass is 9.90. The molecule has 0 aliphatic heterocycles. The number of fused-ring (bicyclic) bond motifs is 1. The molecule has 5 nitrogen and oxygen atoms in total. The van der Waals surface area contributed by atoms with E-state index in [9.17, 15) is 4.79 Å². The molecule has 0 fully saturated rings. The van der Waals surface area contributed by atoms with Gasteiger partial charge in [0.15, 0.2) is 5.69 Å². The number of rotatable bonds is 3. The Morgan fingerprint density at radius 2 is 2.16 bits per heavy atom. The lowest BCUT2D eigenvalue weighted by molar-refractivity contribution is 0.0690. The van der Waals surface area contributed by atoms with Gasteiger partial charge in [0.05, 0.1) is 0 Å². The van der Waals surface area contributed by atoms with Gasteiger partial charge in [-0.15, -0.1) is 0 Å². The second kappa shape index (κ2) is 4.76. The molecule has 0 saturated carbocycles. The van der Waals surface area contributed by atoms with Crippen molar-refractivity contribution >= 4 is 17.7 Å². The molecule has 1 aliphatic rings. The first-order valence-corrected chi connectivity index (χ1v) is 6.30. The van der Waals surface area contributed by atoms with Crippen molar-refractivity contribution in [2.24, 2.45) is 0 Å². The SMILES string of the molecule is O=C(O)c1coc(Nc2cccc3c2CCCC3)n1. The van der Waals surface area contributed by atoms with E-state index in [1.807, 2.05) is 12.1 Å². The summed E-state index contributed by atoms with van der Waals surface area (Å²) in [5, 5.41) is 11.9. The maximum Gasteiger partial charge on any atom is 0.357 e. The summed E-state index contributed by atoms with van der Waals surface area (Å²) >= 11 is 0. The van der Waals surface area contributed by atoms with Gasteiger partial charge in [-0.2, -0.15) is 4.98 Å². The highest BCUT2D eigenvalue weighted by Crippen LogP contribution is 2.29. The number of aromatic nitrogens is 1. The molecule has 3 rings (SSSR count). The number of carboxylic acids is 1. The van der Waals surface area contributed by atoms with Crippen LogP contribution in [-0.4, -0.2) is 16.1 Å². The van der Waals surface area contributed by atoms with Crippen molar-refractivity contribution in [2.75, 3.05) is 5.32 Å². The Labute approximate surface area is 110 Å². The molecule has 0 unspecified atom stereocenters.